The van der Waals surface area contributed by atoms with Crippen molar-refractivity contribution in [2.24, 2.45) is 17.6 Å². The van der Waals surface area contributed by atoms with Crippen molar-refractivity contribution in [3.63, 3.8) is 0 Å². The summed E-state index contributed by atoms with van der Waals surface area (Å²) in [6.45, 7) is 2.51. The summed E-state index contributed by atoms with van der Waals surface area (Å²) in [5.41, 5.74) is 6.08. The molecule has 2 rings (SSSR count). The number of ether oxygens (including phenoxy) is 1. The lowest BCUT2D eigenvalue weighted by atomic mass is 9.95. The van der Waals surface area contributed by atoms with E-state index in [1.165, 1.54) is 7.11 Å². The van der Waals surface area contributed by atoms with Crippen LogP contribution in [0, 0.1) is 18.8 Å². The lowest BCUT2D eigenvalue weighted by molar-refractivity contribution is -0.126. The predicted molar refractivity (Wildman–Crippen MR) is 76.5 cm³/mol. The summed E-state index contributed by atoms with van der Waals surface area (Å²) in [7, 11) is 1.32. The van der Waals surface area contributed by atoms with Gasteiger partial charge in [-0.15, -0.1) is 0 Å². The van der Waals surface area contributed by atoms with Crippen molar-refractivity contribution in [3.05, 3.63) is 23.2 Å². The zero-order valence-corrected chi connectivity index (χ0v) is 12.5. The molecule has 0 radical (unpaired) electrons. The first-order valence-corrected chi connectivity index (χ1v) is 7.22. The van der Waals surface area contributed by atoms with Crippen LogP contribution in [0.4, 0.5) is 0 Å². The highest BCUT2D eigenvalue weighted by atomic mass is 16.5. The minimum atomic E-state index is -0.437. The molecule has 6 heteroatoms. The van der Waals surface area contributed by atoms with Crippen LogP contribution in [0.25, 0.3) is 0 Å². The van der Waals surface area contributed by atoms with Crippen molar-refractivity contribution in [2.75, 3.05) is 13.7 Å². The normalized spacial score (nSPS) is 21.3. The topological polar surface area (TPSA) is 94.6 Å². The maximum absolute atomic E-state index is 12.2. The summed E-state index contributed by atoms with van der Waals surface area (Å²) < 4.78 is 10.1. The van der Waals surface area contributed by atoms with E-state index in [1.54, 1.807) is 13.0 Å². The third-order valence-corrected chi connectivity index (χ3v) is 4.11. The zero-order valence-electron chi connectivity index (χ0n) is 12.5. The number of hydrogen-bond acceptors (Lipinski definition) is 5. The Morgan fingerprint density at radius 3 is 2.90 bits per heavy atom. The lowest BCUT2D eigenvalue weighted by Crippen LogP contribution is -2.34. The van der Waals surface area contributed by atoms with Gasteiger partial charge in [0.15, 0.2) is 0 Å². The van der Waals surface area contributed by atoms with Gasteiger partial charge in [0.25, 0.3) is 0 Å². The second kappa shape index (κ2) is 6.76. The summed E-state index contributed by atoms with van der Waals surface area (Å²) >= 11 is 0. The van der Waals surface area contributed by atoms with Gasteiger partial charge in [-0.05, 0) is 38.3 Å². The molecule has 1 heterocycles. The molecule has 21 heavy (non-hydrogen) atoms. The summed E-state index contributed by atoms with van der Waals surface area (Å²) in [6, 6.07) is 1.61. The summed E-state index contributed by atoms with van der Waals surface area (Å²) in [6.07, 6.45) is 2.95. The first kappa shape index (κ1) is 15.6. The molecule has 1 fully saturated rings. The fourth-order valence-electron chi connectivity index (χ4n) is 2.91. The van der Waals surface area contributed by atoms with E-state index >= 15 is 0 Å². The lowest BCUT2D eigenvalue weighted by Gasteiger charge is -2.16. The fraction of sp³-hybridized carbons (Fsp3) is 0.600. The first-order valence-electron chi connectivity index (χ1n) is 7.22. The molecule has 3 N–H and O–H groups in total. The van der Waals surface area contributed by atoms with E-state index in [2.05, 4.69) is 10.1 Å². The van der Waals surface area contributed by atoms with Gasteiger partial charge in [0.2, 0.25) is 5.91 Å². The van der Waals surface area contributed by atoms with E-state index in [-0.39, 0.29) is 24.3 Å². The van der Waals surface area contributed by atoms with Crippen LogP contribution in [0.5, 0.6) is 0 Å². The third kappa shape index (κ3) is 3.44. The Balaban J connectivity index is 1.94. The molecule has 1 aromatic heterocycles. The molecular formula is C15H22N2O4. The molecule has 2 atom stereocenters. The molecule has 0 bridgehead atoms. The molecule has 1 amide bonds. The standard InChI is InChI=1S/C15H22N2O4/c1-9-13(15(19)20-2)6-11(21-9)8-17-14(18)12-5-3-4-10(12)7-16/h6,10,12H,3-5,7-8,16H2,1-2H3,(H,17,18)/t10-,12-/m1/s1. The van der Waals surface area contributed by atoms with Crippen molar-refractivity contribution in [1.29, 1.82) is 0 Å². The second-order valence-corrected chi connectivity index (χ2v) is 5.43. The maximum atomic E-state index is 12.2. The number of carbonyl (C=O) groups excluding carboxylic acids is 2. The Hall–Kier alpha value is -1.82. The van der Waals surface area contributed by atoms with Crippen molar-refractivity contribution < 1.29 is 18.7 Å². The number of rotatable bonds is 5. The number of carbonyl (C=O) groups is 2. The van der Waals surface area contributed by atoms with E-state index in [1.807, 2.05) is 0 Å². The van der Waals surface area contributed by atoms with Crippen molar-refractivity contribution in [2.45, 2.75) is 32.7 Å². The predicted octanol–water partition coefficient (Wildman–Crippen LogP) is 1.37. The Morgan fingerprint density at radius 2 is 2.24 bits per heavy atom. The minimum absolute atomic E-state index is 0.00821. The van der Waals surface area contributed by atoms with Gasteiger partial charge in [-0.25, -0.2) is 4.79 Å². The number of esters is 1. The minimum Gasteiger partial charge on any atom is -0.465 e. The maximum Gasteiger partial charge on any atom is 0.341 e. The quantitative estimate of drug-likeness (QED) is 0.800. The van der Waals surface area contributed by atoms with Crippen LogP contribution in [-0.2, 0) is 16.1 Å². The highest BCUT2D eigenvalue weighted by molar-refractivity contribution is 5.90. The Kier molecular flexibility index (Phi) is 5.01. The average Bonchev–Trinajstić information content (AvgIpc) is 3.10. The molecule has 0 aromatic carbocycles. The van der Waals surface area contributed by atoms with E-state index in [0.717, 1.165) is 19.3 Å². The van der Waals surface area contributed by atoms with Crippen LogP contribution in [-0.4, -0.2) is 25.5 Å². The number of furan rings is 1. The SMILES string of the molecule is COC(=O)c1cc(CNC(=O)[C@@H]2CCC[C@@H]2CN)oc1C. The third-order valence-electron chi connectivity index (χ3n) is 4.11. The van der Waals surface area contributed by atoms with Gasteiger partial charge in [-0.3, -0.25) is 4.79 Å². The van der Waals surface area contributed by atoms with E-state index in [4.69, 9.17) is 10.2 Å². The smallest absolute Gasteiger partial charge is 0.341 e. The molecule has 6 nitrogen and oxygen atoms in total. The summed E-state index contributed by atoms with van der Waals surface area (Å²) in [4.78, 5) is 23.7. The van der Waals surface area contributed by atoms with Crippen LogP contribution in [0.2, 0.25) is 0 Å². The van der Waals surface area contributed by atoms with Crippen molar-refractivity contribution in [3.8, 4) is 0 Å². The number of amides is 1. The molecule has 0 spiro atoms. The van der Waals surface area contributed by atoms with Crippen LogP contribution < -0.4 is 11.1 Å². The fourth-order valence-corrected chi connectivity index (χ4v) is 2.91. The molecule has 1 aliphatic carbocycles. The number of methoxy groups -OCH3 is 1. The van der Waals surface area contributed by atoms with Gasteiger partial charge in [0.05, 0.1) is 13.7 Å². The zero-order chi connectivity index (χ0) is 15.4. The summed E-state index contributed by atoms with van der Waals surface area (Å²) in [5.74, 6) is 0.875. The van der Waals surface area contributed by atoms with Gasteiger partial charge in [0, 0.05) is 5.92 Å². The van der Waals surface area contributed by atoms with Gasteiger partial charge < -0.3 is 20.2 Å². The second-order valence-electron chi connectivity index (χ2n) is 5.43. The van der Waals surface area contributed by atoms with E-state index in [9.17, 15) is 9.59 Å². The van der Waals surface area contributed by atoms with Crippen molar-refractivity contribution in [1.82, 2.24) is 5.32 Å². The van der Waals surface area contributed by atoms with Crippen LogP contribution in [0.1, 0.15) is 41.1 Å². The molecule has 116 valence electrons. The Bertz CT molecular complexity index is 524. The van der Waals surface area contributed by atoms with E-state index in [0.29, 0.717) is 23.6 Å². The van der Waals surface area contributed by atoms with Gasteiger partial charge in [-0.1, -0.05) is 6.42 Å². The molecule has 0 saturated heterocycles. The first-order chi connectivity index (χ1) is 10.1. The number of nitrogens with two attached hydrogens (primary N) is 1. The van der Waals surface area contributed by atoms with Crippen LogP contribution in [0.3, 0.4) is 0 Å². The van der Waals surface area contributed by atoms with Gasteiger partial charge >= 0.3 is 5.97 Å². The number of aryl methyl sites for hydroxylation is 1. The highest BCUT2D eigenvalue weighted by Crippen LogP contribution is 2.31. The molecule has 1 aliphatic rings. The van der Waals surface area contributed by atoms with Gasteiger partial charge in [-0.2, -0.15) is 0 Å². The number of nitrogens with one attached hydrogen (secondary N) is 1. The molecule has 0 aliphatic heterocycles. The van der Waals surface area contributed by atoms with Crippen LogP contribution >= 0.6 is 0 Å². The Labute approximate surface area is 124 Å². The van der Waals surface area contributed by atoms with Crippen molar-refractivity contribution >= 4 is 11.9 Å². The monoisotopic (exact) mass is 294 g/mol. The molecule has 1 aromatic rings. The van der Waals surface area contributed by atoms with E-state index < -0.39 is 5.97 Å². The molecule has 1 saturated carbocycles. The van der Waals surface area contributed by atoms with Gasteiger partial charge in [0.1, 0.15) is 17.1 Å². The molecule has 0 unspecified atom stereocenters. The Morgan fingerprint density at radius 1 is 1.48 bits per heavy atom. The van der Waals surface area contributed by atoms with Crippen LogP contribution in [0.15, 0.2) is 10.5 Å². The average molecular weight is 294 g/mol. The largest absolute Gasteiger partial charge is 0.465 e. The highest BCUT2D eigenvalue weighted by Gasteiger charge is 2.31. The number of hydrogen-bond donors (Lipinski definition) is 2. The molecular weight excluding hydrogens is 272 g/mol. The summed E-state index contributed by atoms with van der Waals surface area (Å²) in [5, 5.41) is 2.86.